The summed E-state index contributed by atoms with van der Waals surface area (Å²) in [5.41, 5.74) is 0.969. The summed E-state index contributed by atoms with van der Waals surface area (Å²) in [6.07, 6.45) is 3.37. The van der Waals surface area contributed by atoms with Crippen molar-refractivity contribution in [1.82, 2.24) is 5.32 Å². The third-order valence-electron chi connectivity index (χ3n) is 3.89. The van der Waals surface area contributed by atoms with Gasteiger partial charge in [-0.1, -0.05) is 30.3 Å². The molecule has 0 heterocycles. The normalized spacial score (nSPS) is 20.9. The van der Waals surface area contributed by atoms with Crippen LogP contribution in [0.2, 0.25) is 0 Å². The summed E-state index contributed by atoms with van der Waals surface area (Å²) in [7, 11) is 0. The minimum Gasteiger partial charge on any atom is -0.480 e. The Morgan fingerprint density at radius 2 is 1.83 bits per heavy atom. The molecular weight excluding hydrogens is 298 g/mol. The summed E-state index contributed by atoms with van der Waals surface area (Å²) in [5.74, 6) is -1.20. The first-order valence-electron chi connectivity index (χ1n) is 7.90. The molecule has 2 N–H and O–H groups in total. The smallest absolute Gasteiger partial charge is 0.329 e. The fourth-order valence-electron chi connectivity index (χ4n) is 2.64. The molecule has 0 atom stereocenters. The number of hydrogen-bond acceptors (Lipinski definition) is 5. The van der Waals surface area contributed by atoms with Crippen molar-refractivity contribution < 1.29 is 24.2 Å². The van der Waals surface area contributed by atoms with Gasteiger partial charge in [0.2, 0.25) is 0 Å². The number of carboxylic acids is 1. The van der Waals surface area contributed by atoms with Crippen molar-refractivity contribution in [2.24, 2.45) is 0 Å². The van der Waals surface area contributed by atoms with Gasteiger partial charge in [-0.3, -0.25) is 4.79 Å². The Bertz CT molecular complexity index is 497. The number of hydrogen-bond donors (Lipinski definition) is 2. The molecule has 0 spiro atoms. The van der Waals surface area contributed by atoms with Crippen LogP contribution in [0.1, 0.15) is 31.2 Å². The maximum Gasteiger partial charge on any atom is 0.329 e. The van der Waals surface area contributed by atoms with E-state index in [-0.39, 0.29) is 37.9 Å². The van der Waals surface area contributed by atoms with Crippen LogP contribution in [0.15, 0.2) is 30.3 Å². The largest absolute Gasteiger partial charge is 0.480 e. The Kier molecular flexibility index (Phi) is 7.03. The van der Waals surface area contributed by atoms with Gasteiger partial charge in [-0.2, -0.15) is 0 Å². The molecule has 1 fully saturated rings. The predicted molar refractivity (Wildman–Crippen MR) is 83.9 cm³/mol. The fourth-order valence-corrected chi connectivity index (χ4v) is 2.64. The number of rotatable bonds is 8. The number of carboxylic acid groups (broad SMARTS) is 1. The summed E-state index contributed by atoms with van der Waals surface area (Å²) >= 11 is 0. The number of ether oxygens (including phenoxy) is 2. The number of esters is 1. The molecule has 2 rings (SSSR count). The molecule has 1 saturated carbocycles. The number of benzene rings is 1. The highest BCUT2D eigenvalue weighted by atomic mass is 16.5. The van der Waals surface area contributed by atoms with E-state index in [0.29, 0.717) is 0 Å². The highest BCUT2D eigenvalue weighted by Gasteiger charge is 2.22. The van der Waals surface area contributed by atoms with Crippen molar-refractivity contribution >= 4 is 11.9 Å². The van der Waals surface area contributed by atoms with Gasteiger partial charge in [-0.15, -0.1) is 0 Å². The lowest BCUT2D eigenvalue weighted by molar-refractivity contribution is -0.146. The Labute approximate surface area is 135 Å². The topological polar surface area (TPSA) is 84.9 Å². The van der Waals surface area contributed by atoms with Crippen LogP contribution in [0.25, 0.3) is 0 Å². The van der Waals surface area contributed by atoms with Gasteiger partial charge in [0.05, 0.1) is 12.6 Å². The molecule has 6 nitrogen and oxygen atoms in total. The van der Waals surface area contributed by atoms with E-state index in [1.807, 2.05) is 30.3 Å². The Balaban J connectivity index is 1.58. The van der Waals surface area contributed by atoms with Crippen LogP contribution in [0, 0.1) is 0 Å². The number of aliphatic carboxylic acids is 1. The standard InChI is InChI=1S/C17H23NO5/c19-16(20)12-22-15-8-6-14(7-9-15)18-10-17(21)23-11-13-4-2-1-3-5-13/h1-5,14-15,18H,6-12H2,(H,19,20)/t14-,15-. The highest BCUT2D eigenvalue weighted by Crippen LogP contribution is 2.21. The Morgan fingerprint density at radius 3 is 2.48 bits per heavy atom. The van der Waals surface area contributed by atoms with Gasteiger partial charge in [0.25, 0.3) is 0 Å². The maximum atomic E-state index is 11.7. The van der Waals surface area contributed by atoms with Gasteiger partial charge < -0.3 is 19.9 Å². The van der Waals surface area contributed by atoms with Crippen LogP contribution < -0.4 is 5.32 Å². The second-order valence-electron chi connectivity index (χ2n) is 5.71. The highest BCUT2D eigenvalue weighted by molar-refractivity contribution is 5.71. The van der Waals surface area contributed by atoms with Crippen molar-refractivity contribution in [2.75, 3.05) is 13.2 Å². The summed E-state index contributed by atoms with van der Waals surface area (Å²) in [4.78, 5) is 22.2. The lowest BCUT2D eigenvalue weighted by atomic mass is 9.93. The van der Waals surface area contributed by atoms with E-state index in [4.69, 9.17) is 14.6 Å². The third kappa shape index (κ3) is 6.80. The van der Waals surface area contributed by atoms with Crippen molar-refractivity contribution in [3.63, 3.8) is 0 Å². The zero-order valence-electron chi connectivity index (χ0n) is 13.1. The third-order valence-corrected chi connectivity index (χ3v) is 3.89. The maximum absolute atomic E-state index is 11.7. The fraction of sp³-hybridized carbons (Fsp3) is 0.529. The van der Waals surface area contributed by atoms with E-state index in [9.17, 15) is 9.59 Å². The first kappa shape index (κ1) is 17.4. The molecule has 0 amide bonds. The second-order valence-corrected chi connectivity index (χ2v) is 5.71. The predicted octanol–water partition coefficient (Wildman–Crippen LogP) is 1.73. The average Bonchev–Trinajstić information content (AvgIpc) is 2.58. The molecule has 1 aliphatic rings. The quantitative estimate of drug-likeness (QED) is 0.709. The number of carbonyl (C=O) groups excluding carboxylic acids is 1. The SMILES string of the molecule is O=C(O)CO[C@H]1CC[C@H](NCC(=O)OCc2ccccc2)CC1. The van der Waals surface area contributed by atoms with E-state index in [1.165, 1.54) is 0 Å². The second kappa shape index (κ2) is 9.27. The van der Waals surface area contributed by atoms with E-state index in [1.54, 1.807) is 0 Å². The van der Waals surface area contributed by atoms with Crippen molar-refractivity contribution in [1.29, 1.82) is 0 Å². The summed E-state index contributed by atoms with van der Waals surface area (Å²) in [5, 5.41) is 11.8. The number of nitrogens with one attached hydrogen (secondary N) is 1. The van der Waals surface area contributed by atoms with Crippen LogP contribution in [0.3, 0.4) is 0 Å². The molecule has 0 bridgehead atoms. The van der Waals surface area contributed by atoms with Crippen molar-refractivity contribution in [2.45, 2.75) is 44.4 Å². The molecule has 0 radical (unpaired) electrons. The zero-order chi connectivity index (χ0) is 16.5. The van der Waals surface area contributed by atoms with Gasteiger partial charge in [0.15, 0.2) is 0 Å². The van der Waals surface area contributed by atoms with Gasteiger partial charge in [-0.05, 0) is 31.2 Å². The van der Waals surface area contributed by atoms with Gasteiger partial charge in [-0.25, -0.2) is 4.79 Å². The molecule has 0 saturated heterocycles. The van der Waals surface area contributed by atoms with Crippen LogP contribution in [-0.4, -0.2) is 42.3 Å². The number of carbonyl (C=O) groups is 2. The summed E-state index contributed by atoms with van der Waals surface area (Å²) in [6.45, 7) is 0.240. The van der Waals surface area contributed by atoms with E-state index in [2.05, 4.69) is 5.32 Å². The summed E-state index contributed by atoms with van der Waals surface area (Å²) < 4.78 is 10.5. The van der Waals surface area contributed by atoms with Gasteiger partial charge >= 0.3 is 11.9 Å². The van der Waals surface area contributed by atoms with Crippen LogP contribution in [0.4, 0.5) is 0 Å². The van der Waals surface area contributed by atoms with Gasteiger partial charge in [0, 0.05) is 6.04 Å². The monoisotopic (exact) mass is 321 g/mol. The molecule has 1 aliphatic carbocycles. The van der Waals surface area contributed by atoms with E-state index in [0.717, 1.165) is 31.2 Å². The molecule has 0 aromatic heterocycles. The Morgan fingerprint density at radius 1 is 1.13 bits per heavy atom. The molecule has 126 valence electrons. The van der Waals surface area contributed by atoms with Gasteiger partial charge in [0.1, 0.15) is 13.2 Å². The lowest BCUT2D eigenvalue weighted by Crippen LogP contribution is -2.38. The average molecular weight is 321 g/mol. The summed E-state index contributed by atoms with van der Waals surface area (Å²) in [6, 6.07) is 9.82. The van der Waals surface area contributed by atoms with Crippen LogP contribution >= 0.6 is 0 Å². The van der Waals surface area contributed by atoms with E-state index >= 15 is 0 Å². The minimum atomic E-state index is -0.939. The zero-order valence-corrected chi connectivity index (χ0v) is 13.1. The van der Waals surface area contributed by atoms with E-state index < -0.39 is 5.97 Å². The van der Waals surface area contributed by atoms with Crippen LogP contribution in [-0.2, 0) is 25.7 Å². The molecular formula is C17H23NO5. The van der Waals surface area contributed by atoms with Crippen molar-refractivity contribution in [3.8, 4) is 0 Å². The minimum absolute atomic E-state index is 0.00850. The van der Waals surface area contributed by atoms with Crippen LogP contribution in [0.5, 0.6) is 0 Å². The molecule has 0 aliphatic heterocycles. The molecule has 1 aromatic rings. The molecule has 0 unspecified atom stereocenters. The molecule has 6 heteroatoms. The lowest BCUT2D eigenvalue weighted by Gasteiger charge is -2.28. The molecule has 1 aromatic carbocycles. The Hall–Kier alpha value is -1.92. The first-order chi connectivity index (χ1) is 11.1. The molecule has 23 heavy (non-hydrogen) atoms. The first-order valence-corrected chi connectivity index (χ1v) is 7.90. The van der Waals surface area contributed by atoms with Crippen molar-refractivity contribution in [3.05, 3.63) is 35.9 Å².